The summed E-state index contributed by atoms with van der Waals surface area (Å²) in [4.78, 5) is 13.0. The second-order valence-electron chi connectivity index (χ2n) is 5.20. The third-order valence-electron chi connectivity index (χ3n) is 3.69. The van der Waals surface area contributed by atoms with Crippen molar-refractivity contribution in [3.05, 3.63) is 38.3 Å². The monoisotopic (exact) mass is 327 g/mol. The number of hydrogen-bond acceptors (Lipinski definition) is 4. The van der Waals surface area contributed by atoms with Gasteiger partial charge < -0.3 is 5.73 Å². The molecule has 0 spiro atoms. The molecule has 0 aliphatic carbocycles. The molecule has 1 saturated heterocycles. The first kappa shape index (κ1) is 14.4. The van der Waals surface area contributed by atoms with Gasteiger partial charge in [-0.25, -0.2) is 0 Å². The Bertz CT molecular complexity index is 481. The highest BCUT2D eigenvalue weighted by molar-refractivity contribution is 9.10. The number of nitrogens with zero attached hydrogens (tertiary/aromatic N) is 2. The lowest BCUT2D eigenvalue weighted by Crippen LogP contribution is -2.45. The lowest BCUT2D eigenvalue weighted by atomic mass is 9.94. The van der Waals surface area contributed by atoms with Gasteiger partial charge in [-0.1, -0.05) is 22.9 Å². The number of hydrogen-bond donors (Lipinski definition) is 1. The summed E-state index contributed by atoms with van der Waals surface area (Å²) in [6, 6.07) is 5.48. The van der Waals surface area contributed by atoms with Crippen LogP contribution in [-0.4, -0.2) is 29.0 Å². The third-order valence-corrected chi connectivity index (χ3v) is 4.19. The Morgan fingerprint density at radius 3 is 2.95 bits per heavy atom. The lowest BCUT2D eigenvalue weighted by molar-refractivity contribution is -0.385. The van der Waals surface area contributed by atoms with E-state index in [1.165, 1.54) is 0 Å². The molecule has 0 amide bonds. The van der Waals surface area contributed by atoms with Crippen LogP contribution in [0.15, 0.2) is 22.7 Å². The Hall–Kier alpha value is -0.980. The standard InChI is InChI=1S/C13H18BrN3O2/c1-9-7-16(5-4-12(9)15)8-10-2-3-11(14)6-13(10)17(18)19/h2-3,6,9,12H,4-5,7-8,15H2,1H3. The summed E-state index contributed by atoms with van der Waals surface area (Å²) in [6.07, 6.45) is 0.950. The largest absolute Gasteiger partial charge is 0.327 e. The summed E-state index contributed by atoms with van der Waals surface area (Å²) < 4.78 is 0.733. The van der Waals surface area contributed by atoms with Crippen LogP contribution in [0.3, 0.4) is 0 Å². The zero-order valence-corrected chi connectivity index (χ0v) is 12.5. The van der Waals surface area contributed by atoms with Gasteiger partial charge in [-0.15, -0.1) is 0 Å². The van der Waals surface area contributed by atoms with Crippen LogP contribution in [-0.2, 0) is 6.54 Å². The molecule has 2 atom stereocenters. The van der Waals surface area contributed by atoms with E-state index in [0.717, 1.165) is 29.5 Å². The Balaban J connectivity index is 2.13. The van der Waals surface area contributed by atoms with Crippen molar-refractivity contribution >= 4 is 21.6 Å². The molecule has 19 heavy (non-hydrogen) atoms. The number of piperidine rings is 1. The van der Waals surface area contributed by atoms with E-state index in [1.807, 2.05) is 12.1 Å². The van der Waals surface area contributed by atoms with Crippen molar-refractivity contribution in [1.29, 1.82) is 0 Å². The van der Waals surface area contributed by atoms with E-state index >= 15 is 0 Å². The van der Waals surface area contributed by atoms with Gasteiger partial charge in [-0.3, -0.25) is 15.0 Å². The van der Waals surface area contributed by atoms with Crippen LogP contribution in [0.4, 0.5) is 5.69 Å². The van der Waals surface area contributed by atoms with Gasteiger partial charge in [0, 0.05) is 35.2 Å². The van der Waals surface area contributed by atoms with Crippen molar-refractivity contribution in [2.75, 3.05) is 13.1 Å². The molecule has 0 aromatic heterocycles. The molecule has 1 aromatic rings. The van der Waals surface area contributed by atoms with E-state index in [0.29, 0.717) is 12.5 Å². The van der Waals surface area contributed by atoms with Crippen LogP contribution >= 0.6 is 15.9 Å². The number of nitrogens with two attached hydrogens (primary N) is 1. The Kier molecular flexibility index (Phi) is 4.54. The molecule has 0 saturated carbocycles. The van der Waals surface area contributed by atoms with Crippen molar-refractivity contribution in [3.8, 4) is 0 Å². The molecule has 1 fully saturated rings. The molecule has 1 aromatic carbocycles. The smallest absolute Gasteiger partial charge is 0.275 e. The van der Waals surface area contributed by atoms with Crippen LogP contribution in [0.1, 0.15) is 18.9 Å². The van der Waals surface area contributed by atoms with Crippen LogP contribution in [0.25, 0.3) is 0 Å². The van der Waals surface area contributed by atoms with Gasteiger partial charge in [0.15, 0.2) is 0 Å². The predicted octanol–water partition coefficient (Wildman–Crippen LogP) is 2.53. The van der Waals surface area contributed by atoms with Crippen molar-refractivity contribution in [3.63, 3.8) is 0 Å². The van der Waals surface area contributed by atoms with Gasteiger partial charge in [0.2, 0.25) is 0 Å². The van der Waals surface area contributed by atoms with E-state index in [2.05, 4.69) is 27.8 Å². The van der Waals surface area contributed by atoms with Crippen LogP contribution < -0.4 is 5.73 Å². The fraction of sp³-hybridized carbons (Fsp3) is 0.538. The van der Waals surface area contributed by atoms with Crippen molar-refractivity contribution in [2.24, 2.45) is 11.7 Å². The molecular formula is C13H18BrN3O2. The summed E-state index contributed by atoms with van der Waals surface area (Å²) >= 11 is 3.27. The maximum atomic E-state index is 11.1. The van der Waals surface area contributed by atoms with E-state index in [9.17, 15) is 10.1 Å². The first-order valence-corrected chi connectivity index (χ1v) is 7.17. The number of rotatable bonds is 3. The minimum Gasteiger partial charge on any atom is -0.327 e. The summed E-state index contributed by atoms with van der Waals surface area (Å²) in [7, 11) is 0. The molecule has 1 aliphatic rings. The molecule has 0 bridgehead atoms. The molecular weight excluding hydrogens is 310 g/mol. The average Bonchev–Trinajstić information content (AvgIpc) is 2.36. The Morgan fingerprint density at radius 1 is 1.58 bits per heavy atom. The molecule has 2 N–H and O–H groups in total. The van der Waals surface area contributed by atoms with Gasteiger partial charge in [0.05, 0.1) is 4.92 Å². The van der Waals surface area contributed by atoms with Gasteiger partial charge in [-0.2, -0.15) is 0 Å². The normalized spacial score (nSPS) is 24.4. The predicted molar refractivity (Wildman–Crippen MR) is 77.8 cm³/mol. The summed E-state index contributed by atoms with van der Waals surface area (Å²) in [6.45, 7) is 4.54. The van der Waals surface area contributed by atoms with Gasteiger partial charge in [0.1, 0.15) is 0 Å². The molecule has 104 valence electrons. The zero-order valence-electron chi connectivity index (χ0n) is 10.9. The number of halogens is 1. The van der Waals surface area contributed by atoms with E-state index in [-0.39, 0.29) is 16.7 Å². The van der Waals surface area contributed by atoms with Crippen molar-refractivity contribution in [2.45, 2.75) is 25.9 Å². The first-order valence-electron chi connectivity index (χ1n) is 6.38. The second kappa shape index (κ2) is 5.98. The van der Waals surface area contributed by atoms with Gasteiger partial charge in [0.25, 0.3) is 5.69 Å². The van der Waals surface area contributed by atoms with E-state index in [1.54, 1.807) is 6.07 Å². The van der Waals surface area contributed by atoms with E-state index in [4.69, 9.17) is 5.73 Å². The highest BCUT2D eigenvalue weighted by atomic mass is 79.9. The number of likely N-dealkylation sites (tertiary alicyclic amines) is 1. The minimum atomic E-state index is -0.320. The van der Waals surface area contributed by atoms with Gasteiger partial charge in [-0.05, 0) is 31.0 Å². The average molecular weight is 328 g/mol. The topological polar surface area (TPSA) is 72.4 Å². The Morgan fingerprint density at radius 2 is 2.32 bits per heavy atom. The van der Waals surface area contributed by atoms with Crippen LogP contribution in [0.2, 0.25) is 0 Å². The molecule has 2 rings (SSSR count). The fourth-order valence-corrected chi connectivity index (χ4v) is 2.82. The highest BCUT2D eigenvalue weighted by Crippen LogP contribution is 2.26. The lowest BCUT2D eigenvalue weighted by Gasteiger charge is -2.34. The van der Waals surface area contributed by atoms with E-state index < -0.39 is 0 Å². The maximum Gasteiger partial charge on any atom is 0.275 e. The van der Waals surface area contributed by atoms with Crippen LogP contribution in [0.5, 0.6) is 0 Å². The number of benzene rings is 1. The maximum absolute atomic E-state index is 11.1. The number of nitro groups is 1. The summed E-state index contributed by atoms with van der Waals surface area (Å²) in [5, 5.41) is 11.1. The molecule has 0 radical (unpaired) electrons. The number of nitro benzene ring substituents is 1. The molecule has 6 heteroatoms. The molecule has 1 heterocycles. The van der Waals surface area contributed by atoms with Crippen molar-refractivity contribution < 1.29 is 4.92 Å². The molecule has 1 aliphatic heterocycles. The van der Waals surface area contributed by atoms with Crippen molar-refractivity contribution in [1.82, 2.24) is 4.90 Å². The van der Waals surface area contributed by atoms with Crippen LogP contribution in [0, 0.1) is 16.0 Å². The first-order chi connectivity index (χ1) is 8.97. The summed E-state index contributed by atoms with van der Waals surface area (Å²) in [5.74, 6) is 0.434. The minimum absolute atomic E-state index is 0.178. The highest BCUT2D eigenvalue weighted by Gasteiger charge is 2.25. The molecule has 5 nitrogen and oxygen atoms in total. The quantitative estimate of drug-likeness (QED) is 0.684. The summed E-state index contributed by atoms with van der Waals surface area (Å²) in [5.41, 5.74) is 6.93. The third kappa shape index (κ3) is 3.52. The second-order valence-corrected chi connectivity index (χ2v) is 6.11. The fourth-order valence-electron chi connectivity index (χ4n) is 2.48. The zero-order chi connectivity index (χ0) is 14.0. The Labute approximate surface area is 121 Å². The van der Waals surface area contributed by atoms with Gasteiger partial charge >= 0.3 is 0 Å². The SMILES string of the molecule is CC1CN(Cc2ccc(Br)cc2[N+](=O)[O-])CCC1N. The molecule has 2 unspecified atom stereocenters.